The van der Waals surface area contributed by atoms with E-state index in [1.54, 1.807) is 34.7 Å². The number of rotatable bonds is 11. The molecule has 6 nitrogen and oxygen atoms in total. The van der Waals surface area contributed by atoms with Crippen molar-refractivity contribution < 1.29 is 14.7 Å². The van der Waals surface area contributed by atoms with Gasteiger partial charge >= 0.3 is 0 Å². The molecular weight excluding hydrogens is 294 g/mol. The van der Waals surface area contributed by atoms with Gasteiger partial charge in [0.15, 0.2) is 11.6 Å². The van der Waals surface area contributed by atoms with Gasteiger partial charge in [0.25, 0.3) is 0 Å². The molecular formula is C17H35N3O3. The number of hydrogen-bond donors (Lipinski definition) is 3. The first kappa shape index (κ1) is 22.2. The highest BCUT2D eigenvalue weighted by atomic mass is 16.3. The van der Waals surface area contributed by atoms with E-state index in [4.69, 9.17) is 5.84 Å². The lowest BCUT2D eigenvalue weighted by molar-refractivity contribution is -0.150. The molecule has 136 valence electrons. The Balaban J connectivity index is 5.68. The van der Waals surface area contributed by atoms with Gasteiger partial charge in [0, 0.05) is 0 Å². The van der Waals surface area contributed by atoms with Gasteiger partial charge in [-0.25, -0.2) is 5.01 Å². The van der Waals surface area contributed by atoms with Crippen molar-refractivity contribution in [3.05, 3.63) is 0 Å². The van der Waals surface area contributed by atoms with E-state index in [-0.39, 0.29) is 17.6 Å². The van der Waals surface area contributed by atoms with Crippen LogP contribution in [0.3, 0.4) is 0 Å². The van der Waals surface area contributed by atoms with Crippen LogP contribution in [0.1, 0.15) is 67.2 Å². The molecule has 0 aliphatic carbocycles. The Labute approximate surface area is 140 Å². The van der Waals surface area contributed by atoms with Crippen molar-refractivity contribution in [2.24, 2.45) is 5.84 Å². The number of nitrogens with one attached hydrogen (secondary N) is 1. The molecule has 0 spiro atoms. The first-order valence-electron chi connectivity index (χ1n) is 8.64. The van der Waals surface area contributed by atoms with Crippen LogP contribution in [0.2, 0.25) is 0 Å². The molecule has 0 bridgehead atoms. The number of carbonyl (C=O) groups is 2. The fourth-order valence-corrected chi connectivity index (χ4v) is 3.11. The van der Waals surface area contributed by atoms with Crippen LogP contribution in [0.15, 0.2) is 0 Å². The molecule has 0 aromatic carbocycles. The predicted octanol–water partition coefficient (Wildman–Crippen LogP) is 1.41. The monoisotopic (exact) mass is 329 g/mol. The zero-order chi connectivity index (χ0) is 18.4. The summed E-state index contributed by atoms with van der Waals surface area (Å²) in [5.41, 5.74) is -2.33. The van der Waals surface area contributed by atoms with E-state index >= 15 is 0 Å². The minimum Gasteiger partial charge on any atom is -0.382 e. The molecule has 0 rings (SSSR count). The molecule has 0 aromatic rings. The second-order valence-electron chi connectivity index (χ2n) is 6.30. The largest absolute Gasteiger partial charge is 0.382 e. The van der Waals surface area contributed by atoms with Crippen LogP contribution < -0.4 is 11.2 Å². The van der Waals surface area contributed by atoms with Gasteiger partial charge in [0.2, 0.25) is 0 Å². The molecule has 0 radical (unpaired) electrons. The van der Waals surface area contributed by atoms with Crippen LogP contribution in [0.5, 0.6) is 0 Å². The summed E-state index contributed by atoms with van der Waals surface area (Å²) in [5.74, 6) is 5.90. The van der Waals surface area contributed by atoms with Gasteiger partial charge in [-0.2, -0.15) is 0 Å². The fraction of sp³-hybridized carbons (Fsp3) is 0.882. The van der Waals surface area contributed by atoms with E-state index in [0.717, 1.165) is 0 Å². The highest BCUT2D eigenvalue weighted by molar-refractivity contribution is 5.95. The Hall–Kier alpha value is -0.820. The first-order chi connectivity index (χ1) is 10.6. The van der Waals surface area contributed by atoms with Crippen molar-refractivity contribution in [2.75, 3.05) is 7.05 Å². The van der Waals surface area contributed by atoms with Crippen molar-refractivity contribution in [1.29, 1.82) is 0 Å². The number of hydrogen-bond acceptors (Lipinski definition) is 6. The average Bonchev–Trinajstić information content (AvgIpc) is 2.59. The number of nitrogens with zero attached hydrogens (tertiary/aromatic N) is 1. The number of hydrazine groups is 1. The van der Waals surface area contributed by atoms with Crippen molar-refractivity contribution in [3.63, 3.8) is 0 Å². The third kappa shape index (κ3) is 4.18. The number of Topliss-reactive ketones (excluding diaryl/α,β-unsaturated/α-hetero) is 2. The average molecular weight is 329 g/mol. The van der Waals surface area contributed by atoms with Gasteiger partial charge in [-0.05, 0) is 46.6 Å². The molecule has 0 heterocycles. The van der Waals surface area contributed by atoms with Crippen molar-refractivity contribution in [3.8, 4) is 0 Å². The zero-order valence-electron chi connectivity index (χ0n) is 15.8. The smallest absolute Gasteiger partial charge is 0.182 e. The molecule has 0 aliphatic rings. The lowest BCUT2D eigenvalue weighted by atomic mass is 9.81. The lowest BCUT2D eigenvalue weighted by Crippen LogP contribution is -2.67. The van der Waals surface area contributed by atoms with Gasteiger partial charge in [0.05, 0.1) is 17.6 Å². The topological polar surface area (TPSA) is 95.7 Å². The third-order valence-corrected chi connectivity index (χ3v) is 5.37. The standard InChI is InChI=1S/C17H35N3O3/c1-8-16(9-2,14(21)12(5)19-7)20(18)13(6)15(22)17(23,10-3)11-4/h12-13,19,23H,8-11,18H2,1-7H3. The van der Waals surface area contributed by atoms with Crippen LogP contribution in [0.25, 0.3) is 0 Å². The highest BCUT2D eigenvalue weighted by Gasteiger charge is 2.47. The Bertz CT molecular complexity index is 404. The highest BCUT2D eigenvalue weighted by Crippen LogP contribution is 2.29. The van der Waals surface area contributed by atoms with Crippen LogP contribution in [0, 0.1) is 0 Å². The molecule has 0 fully saturated rings. The van der Waals surface area contributed by atoms with Crippen LogP contribution in [-0.4, -0.2) is 52.0 Å². The molecule has 6 heteroatoms. The molecule has 0 saturated carbocycles. The summed E-state index contributed by atoms with van der Waals surface area (Å²) < 4.78 is 0. The molecule has 0 aliphatic heterocycles. The maximum absolute atomic E-state index is 12.9. The number of ketones is 2. The minimum absolute atomic E-state index is 0.0383. The maximum Gasteiger partial charge on any atom is 0.182 e. The summed E-state index contributed by atoms with van der Waals surface area (Å²) in [4.78, 5) is 25.6. The molecule has 0 saturated heterocycles. The molecule has 23 heavy (non-hydrogen) atoms. The second-order valence-corrected chi connectivity index (χ2v) is 6.30. The van der Waals surface area contributed by atoms with E-state index in [1.807, 2.05) is 13.8 Å². The van der Waals surface area contributed by atoms with E-state index in [0.29, 0.717) is 25.7 Å². The summed E-state index contributed by atoms with van der Waals surface area (Å²) in [6.45, 7) is 10.8. The zero-order valence-corrected chi connectivity index (χ0v) is 15.8. The summed E-state index contributed by atoms with van der Waals surface area (Å²) in [6.07, 6.45) is 1.65. The summed E-state index contributed by atoms with van der Waals surface area (Å²) in [6, 6.07) is -1.10. The van der Waals surface area contributed by atoms with Crippen LogP contribution in [-0.2, 0) is 9.59 Å². The quantitative estimate of drug-likeness (QED) is 0.392. The number of nitrogens with two attached hydrogens (primary N) is 1. The van der Waals surface area contributed by atoms with E-state index in [1.165, 1.54) is 5.01 Å². The SMILES string of the molecule is CCC(O)(CC)C(=O)C(C)N(N)C(CC)(CC)C(=O)C(C)NC. The second kappa shape index (κ2) is 8.87. The maximum atomic E-state index is 12.9. The Morgan fingerprint density at radius 3 is 1.78 bits per heavy atom. The number of carbonyl (C=O) groups excluding carboxylic acids is 2. The number of likely N-dealkylation sites (N-methyl/N-ethyl adjacent to an activating group) is 1. The normalized spacial score (nSPS) is 15.6. The summed E-state index contributed by atoms with van der Waals surface area (Å²) >= 11 is 0. The summed E-state index contributed by atoms with van der Waals surface area (Å²) in [7, 11) is 1.72. The molecule has 4 N–H and O–H groups in total. The number of aliphatic hydroxyl groups is 1. The Morgan fingerprint density at radius 1 is 1.04 bits per heavy atom. The Morgan fingerprint density at radius 2 is 1.48 bits per heavy atom. The van der Waals surface area contributed by atoms with Crippen molar-refractivity contribution in [2.45, 2.75) is 90.4 Å². The van der Waals surface area contributed by atoms with Gasteiger partial charge in [0.1, 0.15) is 5.60 Å². The van der Waals surface area contributed by atoms with E-state index in [9.17, 15) is 14.7 Å². The van der Waals surface area contributed by atoms with Gasteiger partial charge in [-0.15, -0.1) is 0 Å². The van der Waals surface area contributed by atoms with Crippen molar-refractivity contribution >= 4 is 11.6 Å². The minimum atomic E-state index is -1.40. The van der Waals surface area contributed by atoms with Gasteiger partial charge < -0.3 is 10.4 Å². The lowest BCUT2D eigenvalue weighted by Gasteiger charge is -2.44. The van der Waals surface area contributed by atoms with Gasteiger partial charge in [-0.1, -0.05) is 27.7 Å². The summed E-state index contributed by atoms with van der Waals surface area (Å²) in [5, 5.41) is 14.8. The predicted molar refractivity (Wildman–Crippen MR) is 92.9 cm³/mol. The van der Waals surface area contributed by atoms with Crippen molar-refractivity contribution in [1.82, 2.24) is 10.3 Å². The Kier molecular flexibility index (Phi) is 8.56. The molecule has 0 amide bonds. The first-order valence-corrected chi connectivity index (χ1v) is 8.64. The fourth-order valence-electron chi connectivity index (χ4n) is 3.11. The molecule has 2 atom stereocenters. The molecule has 0 aromatic heterocycles. The van der Waals surface area contributed by atoms with E-state index < -0.39 is 17.2 Å². The van der Waals surface area contributed by atoms with E-state index in [2.05, 4.69) is 5.32 Å². The van der Waals surface area contributed by atoms with Crippen LogP contribution >= 0.6 is 0 Å². The van der Waals surface area contributed by atoms with Crippen LogP contribution in [0.4, 0.5) is 0 Å². The third-order valence-electron chi connectivity index (χ3n) is 5.37. The van der Waals surface area contributed by atoms with Gasteiger partial charge in [-0.3, -0.25) is 15.4 Å². The molecule has 2 unspecified atom stereocenters.